The number of nitrogens with one attached hydrogen (secondary N) is 3. The third-order valence-electron chi connectivity index (χ3n) is 4.50. The van der Waals surface area contributed by atoms with Gasteiger partial charge in [-0.1, -0.05) is 12.1 Å². The Morgan fingerprint density at radius 1 is 1.19 bits per heavy atom. The summed E-state index contributed by atoms with van der Waals surface area (Å²) in [6, 6.07) is 11.4. The summed E-state index contributed by atoms with van der Waals surface area (Å²) in [5, 5.41) is 2.95. The van der Waals surface area contributed by atoms with Gasteiger partial charge < -0.3 is 14.8 Å². The highest BCUT2D eigenvalue weighted by Crippen LogP contribution is 2.27. The molecule has 0 radical (unpaired) electrons. The number of ether oxygens (including phenoxy) is 2. The van der Waals surface area contributed by atoms with E-state index >= 15 is 0 Å². The Balaban J connectivity index is 1.67. The van der Waals surface area contributed by atoms with Gasteiger partial charge in [-0.3, -0.25) is 10.2 Å². The molecule has 6 nitrogen and oxygen atoms in total. The normalized spacial score (nSPS) is 19.2. The van der Waals surface area contributed by atoms with Crippen LogP contribution in [0.4, 0.5) is 4.39 Å². The molecule has 1 fully saturated rings. The van der Waals surface area contributed by atoms with E-state index in [-0.39, 0.29) is 23.7 Å². The molecule has 2 aromatic carbocycles. The number of hydrazine groups is 1. The molecule has 1 aliphatic rings. The van der Waals surface area contributed by atoms with Crippen LogP contribution < -0.4 is 25.6 Å². The third-order valence-corrected chi connectivity index (χ3v) is 4.50. The first-order valence-corrected chi connectivity index (χ1v) is 8.35. The number of methoxy groups -OCH3 is 2. The number of hydrogen-bond donors (Lipinski definition) is 3. The Kier molecular flexibility index (Phi) is 5.70. The van der Waals surface area contributed by atoms with Gasteiger partial charge in [0.25, 0.3) is 0 Å². The summed E-state index contributed by atoms with van der Waals surface area (Å²) in [4.78, 5) is 12.7. The lowest BCUT2D eigenvalue weighted by atomic mass is 9.94. The second-order valence-corrected chi connectivity index (χ2v) is 6.06. The number of benzene rings is 2. The number of amides is 1. The lowest BCUT2D eigenvalue weighted by molar-refractivity contribution is -0.125. The molecule has 3 rings (SSSR count). The highest BCUT2D eigenvalue weighted by atomic mass is 19.1. The fourth-order valence-electron chi connectivity index (χ4n) is 3.04. The number of halogens is 1. The quantitative estimate of drug-likeness (QED) is 0.735. The van der Waals surface area contributed by atoms with Gasteiger partial charge in [-0.2, -0.15) is 0 Å². The molecule has 2 aromatic rings. The van der Waals surface area contributed by atoms with Crippen molar-refractivity contribution in [2.24, 2.45) is 5.92 Å². The fraction of sp³-hybridized carbons (Fsp3) is 0.316. The minimum Gasteiger partial charge on any atom is -0.497 e. The van der Waals surface area contributed by atoms with Crippen molar-refractivity contribution in [2.75, 3.05) is 20.8 Å². The maximum Gasteiger partial charge on any atom is 0.226 e. The minimum atomic E-state index is -0.301. The lowest BCUT2D eigenvalue weighted by Crippen LogP contribution is -2.34. The van der Waals surface area contributed by atoms with Gasteiger partial charge in [-0.15, -0.1) is 0 Å². The van der Waals surface area contributed by atoms with Crippen molar-refractivity contribution in [3.05, 3.63) is 59.4 Å². The van der Waals surface area contributed by atoms with Crippen molar-refractivity contribution in [1.82, 2.24) is 16.2 Å². The van der Waals surface area contributed by atoms with Crippen LogP contribution in [0.25, 0.3) is 0 Å². The standard InChI is InChI=1S/C19H22FN3O3/c1-25-15-8-5-13(17(9-15)26-2)10-21-19(24)16-11-22-23-18(16)12-3-6-14(20)7-4-12/h3-9,16,18,22-23H,10-11H2,1-2H3,(H,21,24). The van der Waals surface area contributed by atoms with Gasteiger partial charge in [-0.25, -0.2) is 9.82 Å². The van der Waals surface area contributed by atoms with Crippen molar-refractivity contribution >= 4 is 5.91 Å². The molecule has 1 amide bonds. The zero-order valence-electron chi connectivity index (χ0n) is 14.7. The molecule has 2 unspecified atom stereocenters. The van der Waals surface area contributed by atoms with E-state index in [4.69, 9.17) is 9.47 Å². The Morgan fingerprint density at radius 3 is 2.65 bits per heavy atom. The molecule has 7 heteroatoms. The van der Waals surface area contributed by atoms with Crippen molar-refractivity contribution in [3.8, 4) is 11.5 Å². The molecule has 0 saturated carbocycles. The van der Waals surface area contributed by atoms with Crippen molar-refractivity contribution in [3.63, 3.8) is 0 Å². The highest BCUT2D eigenvalue weighted by molar-refractivity contribution is 5.80. The van der Waals surface area contributed by atoms with Crippen LogP contribution in [0.3, 0.4) is 0 Å². The van der Waals surface area contributed by atoms with Gasteiger partial charge in [0.05, 0.1) is 26.2 Å². The Labute approximate surface area is 151 Å². The van der Waals surface area contributed by atoms with Crippen molar-refractivity contribution < 1.29 is 18.7 Å². The van der Waals surface area contributed by atoms with Crippen LogP contribution in [0.1, 0.15) is 17.2 Å². The van der Waals surface area contributed by atoms with Gasteiger partial charge in [0.1, 0.15) is 17.3 Å². The van der Waals surface area contributed by atoms with Gasteiger partial charge in [0.2, 0.25) is 5.91 Å². The Hall–Kier alpha value is -2.64. The highest BCUT2D eigenvalue weighted by Gasteiger charge is 2.33. The number of rotatable bonds is 6. The van der Waals surface area contributed by atoms with Crippen LogP contribution in [-0.4, -0.2) is 26.7 Å². The number of hydrogen-bond acceptors (Lipinski definition) is 5. The third kappa shape index (κ3) is 3.95. The van der Waals surface area contributed by atoms with Crippen LogP contribution in [0.2, 0.25) is 0 Å². The van der Waals surface area contributed by atoms with E-state index in [1.165, 1.54) is 12.1 Å². The molecule has 0 spiro atoms. The summed E-state index contributed by atoms with van der Waals surface area (Å²) >= 11 is 0. The predicted molar refractivity (Wildman–Crippen MR) is 95.2 cm³/mol. The summed E-state index contributed by atoms with van der Waals surface area (Å²) in [6.07, 6.45) is 0. The van der Waals surface area contributed by atoms with Crippen LogP contribution in [-0.2, 0) is 11.3 Å². The summed E-state index contributed by atoms with van der Waals surface area (Å²) < 4.78 is 23.7. The Morgan fingerprint density at radius 2 is 1.96 bits per heavy atom. The van der Waals surface area contributed by atoms with Crippen LogP contribution >= 0.6 is 0 Å². The van der Waals surface area contributed by atoms with Gasteiger partial charge in [0.15, 0.2) is 0 Å². The van der Waals surface area contributed by atoms with Gasteiger partial charge >= 0.3 is 0 Å². The second-order valence-electron chi connectivity index (χ2n) is 6.06. The average Bonchev–Trinajstić information content (AvgIpc) is 3.16. The monoisotopic (exact) mass is 359 g/mol. The first-order valence-electron chi connectivity index (χ1n) is 8.35. The number of carbonyl (C=O) groups excluding carboxylic acids is 1. The number of carbonyl (C=O) groups is 1. The molecule has 0 bridgehead atoms. The predicted octanol–water partition coefficient (Wildman–Crippen LogP) is 1.92. The first-order chi connectivity index (χ1) is 12.6. The zero-order valence-corrected chi connectivity index (χ0v) is 14.7. The smallest absolute Gasteiger partial charge is 0.226 e. The Bertz CT molecular complexity index is 767. The molecule has 0 aliphatic carbocycles. The lowest BCUT2D eigenvalue weighted by Gasteiger charge is -2.19. The van der Waals surface area contributed by atoms with Gasteiger partial charge in [0, 0.05) is 24.7 Å². The van der Waals surface area contributed by atoms with E-state index < -0.39 is 0 Å². The summed E-state index contributed by atoms with van der Waals surface area (Å²) in [7, 11) is 3.17. The van der Waals surface area contributed by atoms with Crippen molar-refractivity contribution in [1.29, 1.82) is 0 Å². The second kappa shape index (κ2) is 8.16. The van der Waals surface area contributed by atoms with E-state index in [1.807, 2.05) is 12.1 Å². The molecular formula is C19H22FN3O3. The molecule has 138 valence electrons. The van der Waals surface area contributed by atoms with E-state index in [0.717, 1.165) is 11.1 Å². The molecule has 26 heavy (non-hydrogen) atoms. The molecule has 1 heterocycles. The summed E-state index contributed by atoms with van der Waals surface area (Å²) in [6.45, 7) is 0.840. The molecular weight excluding hydrogens is 337 g/mol. The van der Waals surface area contributed by atoms with Crippen LogP contribution in [0.15, 0.2) is 42.5 Å². The average molecular weight is 359 g/mol. The van der Waals surface area contributed by atoms with Gasteiger partial charge in [-0.05, 0) is 29.8 Å². The maximum atomic E-state index is 13.1. The van der Waals surface area contributed by atoms with Crippen molar-refractivity contribution in [2.45, 2.75) is 12.6 Å². The molecule has 0 aromatic heterocycles. The summed E-state index contributed by atoms with van der Waals surface area (Å²) in [5.41, 5.74) is 7.81. The van der Waals surface area contributed by atoms with E-state index in [0.29, 0.717) is 24.6 Å². The van der Waals surface area contributed by atoms with Crippen LogP contribution in [0, 0.1) is 11.7 Å². The molecule has 1 saturated heterocycles. The zero-order chi connectivity index (χ0) is 18.5. The topological polar surface area (TPSA) is 71.6 Å². The SMILES string of the molecule is COc1ccc(CNC(=O)C2CNNC2c2ccc(F)cc2)c(OC)c1. The molecule has 1 aliphatic heterocycles. The maximum absolute atomic E-state index is 13.1. The largest absolute Gasteiger partial charge is 0.497 e. The van der Waals surface area contributed by atoms with E-state index in [9.17, 15) is 9.18 Å². The first kappa shape index (κ1) is 18.2. The van der Waals surface area contributed by atoms with E-state index in [2.05, 4.69) is 16.2 Å². The molecule has 3 N–H and O–H groups in total. The fourth-order valence-corrected chi connectivity index (χ4v) is 3.04. The molecule has 2 atom stereocenters. The summed E-state index contributed by atoms with van der Waals surface area (Å²) in [5.74, 6) is 0.659. The van der Waals surface area contributed by atoms with Crippen LogP contribution in [0.5, 0.6) is 11.5 Å². The minimum absolute atomic E-state index is 0.0882. The van der Waals surface area contributed by atoms with E-state index in [1.54, 1.807) is 32.4 Å².